The van der Waals surface area contributed by atoms with Gasteiger partial charge in [-0.25, -0.2) is 17.5 Å². The van der Waals surface area contributed by atoms with Crippen molar-refractivity contribution in [3.05, 3.63) is 33.9 Å². The van der Waals surface area contributed by atoms with Crippen molar-refractivity contribution >= 4 is 15.7 Å². The Morgan fingerprint density at radius 1 is 1.19 bits per heavy atom. The van der Waals surface area contributed by atoms with Gasteiger partial charge in [0.1, 0.15) is 10.7 Å². The van der Waals surface area contributed by atoms with Crippen molar-refractivity contribution in [1.82, 2.24) is 10.0 Å². The highest BCUT2D eigenvalue weighted by Crippen LogP contribution is 2.24. The maximum atomic E-state index is 13.5. The number of halogens is 2. The first kappa shape index (κ1) is 17.4. The van der Waals surface area contributed by atoms with Crippen LogP contribution < -0.4 is 10.0 Å². The number of nitro groups is 1. The van der Waals surface area contributed by atoms with E-state index in [0.717, 1.165) is 6.42 Å². The number of nitro benzene ring substituents is 1. The van der Waals surface area contributed by atoms with E-state index in [1.165, 1.54) is 0 Å². The summed E-state index contributed by atoms with van der Waals surface area (Å²) in [7, 11) is -4.29. The zero-order chi connectivity index (χ0) is 16.0. The van der Waals surface area contributed by atoms with Crippen LogP contribution in [0.2, 0.25) is 0 Å². The highest BCUT2D eigenvalue weighted by molar-refractivity contribution is 7.89. The van der Waals surface area contributed by atoms with E-state index in [-0.39, 0.29) is 12.6 Å². The van der Waals surface area contributed by atoms with Gasteiger partial charge in [0.2, 0.25) is 15.8 Å². The molecule has 0 spiro atoms. The van der Waals surface area contributed by atoms with E-state index in [1.807, 2.05) is 6.92 Å². The topological polar surface area (TPSA) is 101 Å². The monoisotopic (exact) mass is 323 g/mol. The zero-order valence-corrected chi connectivity index (χ0v) is 12.0. The molecule has 0 saturated heterocycles. The van der Waals surface area contributed by atoms with Crippen LogP contribution >= 0.6 is 0 Å². The van der Waals surface area contributed by atoms with Gasteiger partial charge in [0.05, 0.1) is 4.92 Å². The first-order valence-electron chi connectivity index (χ1n) is 6.13. The highest BCUT2D eigenvalue weighted by atomic mass is 32.2. The number of nitrogens with zero attached hydrogens (tertiary/aromatic N) is 1. The number of nitrogens with one attached hydrogen (secondary N) is 2. The highest BCUT2D eigenvalue weighted by Gasteiger charge is 2.25. The molecule has 0 saturated carbocycles. The molecule has 0 fully saturated rings. The molecular weight excluding hydrogens is 308 g/mol. The zero-order valence-electron chi connectivity index (χ0n) is 11.2. The fourth-order valence-electron chi connectivity index (χ4n) is 1.52. The van der Waals surface area contributed by atoms with Gasteiger partial charge in [-0.1, -0.05) is 6.92 Å². The Balaban J connectivity index is 2.92. The Morgan fingerprint density at radius 3 is 2.43 bits per heavy atom. The summed E-state index contributed by atoms with van der Waals surface area (Å²) in [5.41, 5.74) is -1.10. The molecule has 0 aliphatic carbocycles. The summed E-state index contributed by atoms with van der Waals surface area (Å²) in [4.78, 5) is 8.50. The van der Waals surface area contributed by atoms with Gasteiger partial charge in [-0.05, 0) is 13.0 Å². The average molecular weight is 323 g/mol. The smallest absolute Gasteiger partial charge is 0.306 e. The Kier molecular flexibility index (Phi) is 6.12. The Hall–Kier alpha value is -1.65. The molecular formula is C11H15F2N3O4S. The van der Waals surface area contributed by atoms with E-state index in [0.29, 0.717) is 19.2 Å². The summed E-state index contributed by atoms with van der Waals surface area (Å²) in [6, 6.07) is 0.550. The van der Waals surface area contributed by atoms with Crippen molar-refractivity contribution in [3.8, 4) is 0 Å². The fraction of sp³-hybridized carbons (Fsp3) is 0.455. The van der Waals surface area contributed by atoms with Crippen LogP contribution in [-0.4, -0.2) is 33.0 Å². The lowest BCUT2D eigenvalue weighted by Gasteiger charge is -2.08. The Morgan fingerprint density at radius 2 is 1.86 bits per heavy atom. The normalized spacial score (nSPS) is 11.6. The maximum absolute atomic E-state index is 13.5. The van der Waals surface area contributed by atoms with Crippen molar-refractivity contribution in [2.75, 3.05) is 19.6 Å². The third kappa shape index (κ3) is 4.69. The number of hydrogen-bond acceptors (Lipinski definition) is 5. The van der Waals surface area contributed by atoms with Gasteiger partial charge in [-0.3, -0.25) is 10.1 Å². The van der Waals surface area contributed by atoms with Crippen molar-refractivity contribution in [2.45, 2.75) is 18.2 Å². The molecule has 0 aliphatic rings. The van der Waals surface area contributed by atoms with Gasteiger partial charge in [0.15, 0.2) is 0 Å². The van der Waals surface area contributed by atoms with Crippen LogP contribution in [0.25, 0.3) is 0 Å². The summed E-state index contributed by atoms with van der Waals surface area (Å²) in [5, 5.41) is 13.5. The Bertz CT molecular complexity index is 622. The lowest BCUT2D eigenvalue weighted by Crippen LogP contribution is -2.32. The van der Waals surface area contributed by atoms with Crippen LogP contribution in [0.3, 0.4) is 0 Å². The van der Waals surface area contributed by atoms with Crippen LogP contribution in [0.15, 0.2) is 17.0 Å². The summed E-state index contributed by atoms with van der Waals surface area (Å²) < 4.78 is 52.5. The second-order valence-electron chi connectivity index (χ2n) is 4.14. The van der Waals surface area contributed by atoms with Gasteiger partial charge >= 0.3 is 5.69 Å². The minimum atomic E-state index is -4.29. The maximum Gasteiger partial charge on any atom is 0.306 e. The molecule has 0 unspecified atom stereocenters. The molecule has 21 heavy (non-hydrogen) atoms. The van der Waals surface area contributed by atoms with E-state index in [1.54, 1.807) is 0 Å². The summed E-state index contributed by atoms with van der Waals surface area (Å²) in [6.45, 7) is 2.92. The number of hydrogen-bond donors (Lipinski definition) is 2. The first-order chi connectivity index (χ1) is 9.79. The van der Waals surface area contributed by atoms with Gasteiger partial charge < -0.3 is 5.32 Å². The molecule has 0 amide bonds. The Labute approximate surface area is 120 Å². The predicted molar refractivity (Wildman–Crippen MR) is 71.4 cm³/mol. The summed E-state index contributed by atoms with van der Waals surface area (Å²) in [5.74, 6) is -2.81. The first-order valence-corrected chi connectivity index (χ1v) is 7.61. The van der Waals surface area contributed by atoms with Crippen molar-refractivity contribution in [2.24, 2.45) is 0 Å². The van der Waals surface area contributed by atoms with Gasteiger partial charge in [-0.15, -0.1) is 0 Å². The van der Waals surface area contributed by atoms with Crippen molar-refractivity contribution < 1.29 is 22.1 Å². The van der Waals surface area contributed by atoms with Crippen LogP contribution in [0.1, 0.15) is 13.3 Å². The lowest BCUT2D eigenvalue weighted by atomic mass is 10.3. The average Bonchev–Trinajstić information content (AvgIpc) is 2.37. The minimum Gasteiger partial charge on any atom is -0.315 e. The van der Waals surface area contributed by atoms with Crippen LogP contribution in [0.5, 0.6) is 0 Å². The van der Waals surface area contributed by atoms with Gasteiger partial charge in [0, 0.05) is 25.2 Å². The van der Waals surface area contributed by atoms with Crippen molar-refractivity contribution in [1.29, 1.82) is 0 Å². The lowest BCUT2D eigenvalue weighted by molar-refractivity contribution is -0.387. The van der Waals surface area contributed by atoms with E-state index in [9.17, 15) is 27.3 Å². The molecule has 7 nitrogen and oxygen atoms in total. The van der Waals surface area contributed by atoms with Gasteiger partial charge in [-0.2, -0.15) is 4.39 Å². The van der Waals surface area contributed by atoms with Crippen LogP contribution in [0, 0.1) is 21.7 Å². The molecule has 2 N–H and O–H groups in total. The number of rotatable bonds is 8. The SMILES string of the molecule is CCCNCCNS(=O)(=O)c1cc([N+](=O)[O-])c(F)cc1F. The molecule has 1 aromatic rings. The quantitative estimate of drug-likeness (QED) is 0.424. The third-order valence-corrected chi connectivity index (χ3v) is 3.98. The number of sulfonamides is 1. The standard InChI is InChI=1S/C11H15F2N3O4S/c1-2-3-14-4-5-15-21(19,20)11-7-10(16(17)18)8(12)6-9(11)13/h6-7,14-15H,2-5H2,1H3. The molecule has 1 rings (SSSR count). The van der Waals surface area contributed by atoms with Gasteiger partial charge in [0.25, 0.3) is 0 Å². The molecule has 0 aromatic heterocycles. The van der Waals surface area contributed by atoms with Crippen LogP contribution in [0.4, 0.5) is 14.5 Å². The molecule has 0 heterocycles. The molecule has 0 radical (unpaired) electrons. The second kappa shape index (κ2) is 7.38. The molecule has 0 bridgehead atoms. The fourth-order valence-corrected chi connectivity index (χ4v) is 2.63. The van der Waals surface area contributed by atoms with E-state index < -0.39 is 37.2 Å². The molecule has 10 heteroatoms. The molecule has 118 valence electrons. The van der Waals surface area contributed by atoms with E-state index >= 15 is 0 Å². The molecule has 0 atom stereocenters. The van der Waals surface area contributed by atoms with E-state index in [2.05, 4.69) is 10.0 Å². The summed E-state index contributed by atoms with van der Waals surface area (Å²) in [6.07, 6.45) is 0.867. The minimum absolute atomic E-state index is 0.0209. The third-order valence-electron chi connectivity index (χ3n) is 2.51. The molecule has 0 aliphatic heterocycles. The van der Waals surface area contributed by atoms with E-state index in [4.69, 9.17) is 0 Å². The number of benzene rings is 1. The second-order valence-corrected chi connectivity index (χ2v) is 5.87. The van der Waals surface area contributed by atoms with Crippen LogP contribution in [-0.2, 0) is 10.0 Å². The summed E-state index contributed by atoms with van der Waals surface area (Å²) >= 11 is 0. The predicted octanol–water partition coefficient (Wildman–Crippen LogP) is 1.15. The largest absolute Gasteiger partial charge is 0.315 e. The van der Waals surface area contributed by atoms with Crippen molar-refractivity contribution in [3.63, 3.8) is 0 Å². The molecule has 1 aromatic carbocycles.